The molecule has 0 saturated carbocycles. The molecule has 0 aromatic rings. The summed E-state index contributed by atoms with van der Waals surface area (Å²) in [5.74, 6) is -1.69. The summed E-state index contributed by atoms with van der Waals surface area (Å²) in [6.45, 7) is 16.0. The van der Waals surface area contributed by atoms with Crippen molar-refractivity contribution in [2.45, 2.75) is 96.9 Å². The standard InChI is InChI=1S/C14H24O5.C6H8O4.C6H10O/c1-6-7-8-13(17-5)9-18-12(4)14(16)19-11(3)10(2)15;1-3-5(7)10-4(2)6(8)9-3;1-2-3-4-6-5-7-6/h6,11-13H,1,7-9H2,2-5H3;3-4H,1-2H3;2,6H,1,3-5H2. The van der Waals surface area contributed by atoms with E-state index >= 15 is 0 Å². The molecule has 0 aromatic heterocycles. The molecule has 10 heteroatoms. The van der Waals surface area contributed by atoms with Gasteiger partial charge in [0.2, 0.25) is 0 Å². The fourth-order valence-electron chi connectivity index (χ4n) is 2.42. The number of hydrogen-bond donors (Lipinski definition) is 0. The Labute approximate surface area is 214 Å². The van der Waals surface area contributed by atoms with Crippen LogP contribution < -0.4 is 0 Å². The molecule has 2 fully saturated rings. The van der Waals surface area contributed by atoms with E-state index in [1.54, 1.807) is 20.1 Å². The minimum Gasteiger partial charge on any atom is -0.453 e. The smallest absolute Gasteiger partial charge is 0.347 e. The van der Waals surface area contributed by atoms with Gasteiger partial charge in [0.1, 0.15) is 0 Å². The first-order valence-electron chi connectivity index (χ1n) is 12.1. The van der Waals surface area contributed by atoms with Gasteiger partial charge in [-0.15, -0.1) is 13.2 Å². The molecule has 2 saturated heterocycles. The highest BCUT2D eigenvalue weighted by Crippen LogP contribution is 2.14. The maximum Gasteiger partial charge on any atom is 0.347 e. The lowest BCUT2D eigenvalue weighted by molar-refractivity contribution is -0.191. The number of ketones is 1. The number of rotatable bonds is 13. The minimum absolute atomic E-state index is 0.0847. The molecule has 2 aliphatic heterocycles. The van der Waals surface area contributed by atoms with Crippen LogP contribution in [-0.4, -0.2) is 80.6 Å². The molecule has 2 heterocycles. The summed E-state index contributed by atoms with van der Waals surface area (Å²) in [6, 6.07) is 0. The topological polar surface area (TPSA) is 127 Å². The van der Waals surface area contributed by atoms with Crippen LogP contribution >= 0.6 is 0 Å². The zero-order chi connectivity index (χ0) is 27.7. The first-order valence-corrected chi connectivity index (χ1v) is 12.1. The van der Waals surface area contributed by atoms with Gasteiger partial charge in [-0.25, -0.2) is 14.4 Å². The molecule has 0 N–H and O–H groups in total. The molecule has 0 amide bonds. The number of methoxy groups -OCH3 is 1. The zero-order valence-corrected chi connectivity index (χ0v) is 22.4. The van der Waals surface area contributed by atoms with Gasteiger partial charge in [-0.1, -0.05) is 12.2 Å². The summed E-state index contributed by atoms with van der Waals surface area (Å²) in [7, 11) is 1.60. The third-order valence-corrected chi connectivity index (χ3v) is 5.10. The van der Waals surface area contributed by atoms with E-state index < -0.39 is 42.3 Å². The molecule has 206 valence electrons. The largest absolute Gasteiger partial charge is 0.453 e. The summed E-state index contributed by atoms with van der Waals surface area (Å²) in [5.41, 5.74) is 0. The van der Waals surface area contributed by atoms with Crippen LogP contribution in [0.15, 0.2) is 25.3 Å². The van der Waals surface area contributed by atoms with Gasteiger partial charge in [-0.3, -0.25) is 4.79 Å². The SMILES string of the molecule is C=CCCC(COC(C)C(=O)OC(C)C(C)=O)OC.C=CCCC1CO1.CC1OC(=O)C(C)OC1=O. The Hall–Kier alpha value is -2.56. The van der Waals surface area contributed by atoms with Crippen molar-refractivity contribution in [3.8, 4) is 0 Å². The second-order valence-electron chi connectivity index (χ2n) is 8.37. The average molecular weight is 515 g/mol. The third kappa shape index (κ3) is 15.4. The van der Waals surface area contributed by atoms with E-state index in [0.29, 0.717) is 12.7 Å². The van der Waals surface area contributed by atoms with Crippen LogP contribution in [0.5, 0.6) is 0 Å². The van der Waals surface area contributed by atoms with Crippen LogP contribution in [0.2, 0.25) is 0 Å². The molecule has 2 aliphatic rings. The van der Waals surface area contributed by atoms with Gasteiger partial charge in [-0.05, 0) is 60.3 Å². The maximum absolute atomic E-state index is 11.6. The van der Waals surface area contributed by atoms with Crippen LogP contribution in [0.25, 0.3) is 0 Å². The van der Waals surface area contributed by atoms with Crippen LogP contribution in [0.1, 0.15) is 60.3 Å². The predicted octanol–water partition coefficient (Wildman–Crippen LogP) is 3.11. The van der Waals surface area contributed by atoms with Crippen LogP contribution in [0.3, 0.4) is 0 Å². The normalized spacial score (nSPS) is 22.6. The number of carbonyl (C=O) groups excluding carboxylic acids is 4. The summed E-state index contributed by atoms with van der Waals surface area (Å²) in [6.07, 6.45) is 5.16. The number of epoxide rings is 1. The third-order valence-electron chi connectivity index (χ3n) is 5.10. The fraction of sp³-hybridized carbons (Fsp3) is 0.692. The van der Waals surface area contributed by atoms with Crippen molar-refractivity contribution in [2.24, 2.45) is 0 Å². The minimum atomic E-state index is -0.747. The van der Waals surface area contributed by atoms with Crippen molar-refractivity contribution in [1.29, 1.82) is 0 Å². The zero-order valence-electron chi connectivity index (χ0n) is 22.4. The lowest BCUT2D eigenvalue weighted by Crippen LogP contribution is -2.40. The van der Waals surface area contributed by atoms with E-state index in [1.807, 2.05) is 6.08 Å². The van der Waals surface area contributed by atoms with E-state index in [2.05, 4.69) is 22.6 Å². The average Bonchev–Trinajstić information content (AvgIpc) is 3.66. The van der Waals surface area contributed by atoms with Crippen molar-refractivity contribution >= 4 is 23.7 Å². The number of cyclic esters (lactones) is 2. The Morgan fingerprint density at radius 3 is 1.97 bits per heavy atom. The molecule has 36 heavy (non-hydrogen) atoms. The Balaban J connectivity index is 0.000000590. The van der Waals surface area contributed by atoms with Gasteiger partial charge in [0.05, 0.1) is 25.4 Å². The van der Waals surface area contributed by atoms with Gasteiger partial charge in [-0.2, -0.15) is 0 Å². The number of ether oxygens (including phenoxy) is 6. The summed E-state index contributed by atoms with van der Waals surface area (Å²) >= 11 is 0. The summed E-state index contributed by atoms with van der Waals surface area (Å²) in [4.78, 5) is 43.9. The van der Waals surface area contributed by atoms with Gasteiger partial charge >= 0.3 is 17.9 Å². The molecular weight excluding hydrogens is 472 g/mol. The lowest BCUT2D eigenvalue weighted by atomic mass is 10.2. The molecule has 0 radical (unpaired) electrons. The number of Topliss-reactive ketones (excluding diaryl/α,β-unsaturated/α-hetero) is 1. The molecule has 6 unspecified atom stereocenters. The van der Waals surface area contributed by atoms with Gasteiger partial charge in [0, 0.05) is 7.11 Å². The van der Waals surface area contributed by atoms with E-state index in [0.717, 1.165) is 25.9 Å². The highest BCUT2D eigenvalue weighted by molar-refractivity contribution is 5.86. The Bertz CT molecular complexity index is 696. The summed E-state index contributed by atoms with van der Waals surface area (Å²) < 4.78 is 29.7. The van der Waals surface area contributed by atoms with Crippen LogP contribution in [-0.2, 0) is 47.6 Å². The number of hydrogen-bond acceptors (Lipinski definition) is 10. The van der Waals surface area contributed by atoms with E-state index in [1.165, 1.54) is 34.1 Å². The summed E-state index contributed by atoms with van der Waals surface area (Å²) in [5, 5.41) is 0. The molecule has 2 rings (SSSR count). The first kappa shape index (κ1) is 33.4. The fourth-order valence-corrected chi connectivity index (χ4v) is 2.42. The van der Waals surface area contributed by atoms with Crippen molar-refractivity contribution in [2.75, 3.05) is 20.3 Å². The monoisotopic (exact) mass is 514 g/mol. The van der Waals surface area contributed by atoms with Gasteiger partial charge < -0.3 is 28.4 Å². The molecule has 0 bridgehead atoms. The van der Waals surface area contributed by atoms with Crippen molar-refractivity contribution in [3.63, 3.8) is 0 Å². The number of esters is 3. The highest BCUT2D eigenvalue weighted by atomic mass is 16.6. The van der Waals surface area contributed by atoms with Gasteiger partial charge in [0.25, 0.3) is 0 Å². The van der Waals surface area contributed by atoms with Crippen molar-refractivity contribution in [3.05, 3.63) is 25.3 Å². The second-order valence-corrected chi connectivity index (χ2v) is 8.37. The molecule has 0 aromatic carbocycles. The lowest BCUT2D eigenvalue weighted by Gasteiger charge is -2.22. The quantitative estimate of drug-likeness (QED) is 0.157. The van der Waals surface area contributed by atoms with E-state index in [9.17, 15) is 19.2 Å². The second kappa shape index (κ2) is 18.7. The van der Waals surface area contributed by atoms with Crippen molar-refractivity contribution in [1.82, 2.24) is 0 Å². The van der Waals surface area contributed by atoms with Crippen LogP contribution in [0, 0.1) is 0 Å². The van der Waals surface area contributed by atoms with E-state index in [-0.39, 0.29) is 11.9 Å². The number of allylic oxidation sites excluding steroid dienone is 2. The first-order chi connectivity index (χ1) is 17.0. The highest BCUT2D eigenvalue weighted by Gasteiger charge is 2.32. The Kier molecular flexibility index (Phi) is 17.3. The van der Waals surface area contributed by atoms with Crippen molar-refractivity contribution < 1.29 is 47.6 Å². The van der Waals surface area contributed by atoms with Crippen LogP contribution in [0.4, 0.5) is 0 Å². The molecule has 6 atom stereocenters. The number of carbonyl (C=O) groups is 4. The maximum atomic E-state index is 11.6. The Morgan fingerprint density at radius 1 is 1.03 bits per heavy atom. The predicted molar refractivity (Wildman–Crippen MR) is 132 cm³/mol. The molecule has 10 nitrogen and oxygen atoms in total. The molecular formula is C26H42O10. The molecule has 0 spiro atoms. The Morgan fingerprint density at radius 2 is 1.56 bits per heavy atom. The molecule has 0 aliphatic carbocycles. The van der Waals surface area contributed by atoms with E-state index in [4.69, 9.17) is 18.9 Å². The van der Waals surface area contributed by atoms with Gasteiger partial charge in [0.15, 0.2) is 30.2 Å².